The number of fused-ring (bicyclic) bond motifs is 1. The van der Waals surface area contributed by atoms with E-state index < -0.39 is 24.2 Å². The molecule has 2 saturated heterocycles. The van der Waals surface area contributed by atoms with Crippen molar-refractivity contribution in [2.45, 2.75) is 23.6 Å². The topological polar surface area (TPSA) is 72.6 Å². The Kier molecular flexibility index (Phi) is 4.76. The maximum atomic E-state index is 13.1. The first-order chi connectivity index (χ1) is 13.1. The molecule has 5 nitrogen and oxygen atoms in total. The molecule has 2 aliphatic heterocycles. The monoisotopic (exact) mass is 380 g/mol. The van der Waals surface area contributed by atoms with Crippen LogP contribution in [0.4, 0.5) is 0 Å². The Morgan fingerprint density at radius 2 is 1.67 bits per heavy atom. The minimum atomic E-state index is -0.779. The number of esters is 1. The van der Waals surface area contributed by atoms with Crippen LogP contribution in [0, 0.1) is 0 Å². The van der Waals surface area contributed by atoms with Gasteiger partial charge in [0, 0.05) is 5.75 Å². The van der Waals surface area contributed by atoms with Gasteiger partial charge in [-0.05, 0) is 16.7 Å². The lowest BCUT2D eigenvalue weighted by atomic mass is 9.98. The Hall–Kier alpha value is -2.57. The van der Waals surface area contributed by atoms with Crippen LogP contribution in [0.1, 0.15) is 17.2 Å². The average Bonchev–Trinajstić information content (AvgIpc) is 2.72. The van der Waals surface area contributed by atoms with Crippen molar-refractivity contribution in [2.75, 3.05) is 5.75 Å². The van der Waals surface area contributed by atoms with Gasteiger partial charge < -0.3 is 15.4 Å². The van der Waals surface area contributed by atoms with Gasteiger partial charge in [0.25, 0.3) is 0 Å². The third-order valence-electron chi connectivity index (χ3n) is 4.89. The minimum Gasteiger partial charge on any atom is -0.451 e. The normalized spacial score (nSPS) is 24.4. The van der Waals surface area contributed by atoms with E-state index in [9.17, 15) is 9.59 Å². The smallest absolute Gasteiger partial charge is 0.334 e. The molecule has 2 aromatic rings. The molecule has 6 heteroatoms. The van der Waals surface area contributed by atoms with E-state index in [4.69, 9.17) is 10.5 Å². The first-order valence-corrected chi connectivity index (χ1v) is 9.80. The van der Waals surface area contributed by atoms with E-state index in [1.165, 1.54) is 16.7 Å². The van der Waals surface area contributed by atoms with Crippen LogP contribution in [0.25, 0.3) is 0 Å². The third kappa shape index (κ3) is 3.15. The summed E-state index contributed by atoms with van der Waals surface area (Å²) < 4.78 is 5.92. The molecule has 3 atom stereocenters. The number of nitrogens with two attached hydrogens (primary N) is 1. The summed E-state index contributed by atoms with van der Waals surface area (Å²) in [5.74, 6) is -0.113. The molecule has 0 aromatic heterocycles. The number of ether oxygens (including phenoxy) is 1. The molecule has 2 aliphatic rings. The van der Waals surface area contributed by atoms with Crippen LogP contribution in [0.15, 0.2) is 72.8 Å². The van der Waals surface area contributed by atoms with Gasteiger partial charge in [-0.1, -0.05) is 67.2 Å². The van der Waals surface area contributed by atoms with Crippen LogP contribution < -0.4 is 5.73 Å². The van der Waals surface area contributed by atoms with Gasteiger partial charge in [0.1, 0.15) is 11.4 Å². The van der Waals surface area contributed by atoms with Crippen molar-refractivity contribution >= 4 is 23.6 Å². The summed E-state index contributed by atoms with van der Waals surface area (Å²) in [6.45, 7) is 3.99. The Morgan fingerprint density at radius 3 is 2.22 bits per heavy atom. The number of thioether (sulfide) groups is 1. The molecule has 0 radical (unpaired) electrons. The highest BCUT2D eigenvalue weighted by molar-refractivity contribution is 8.00. The number of carbonyl (C=O) groups is 2. The van der Waals surface area contributed by atoms with Crippen molar-refractivity contribution in [3.05, 3.63) is 83.9 Å². The number of hydrogen-bond acceptors (Lipinski definition) is 5. The van der Waals surface area contributed by atoms with E-state index in [1.807, 2.05) is 60.7 Å². The van der Waals surface area contributed by atoms with Crippen molar-refractivity contribution in [3.8, 4) is 0 Å². The summed E-state index contributed by atoms with van der Waals surface area (Å²) in [5, 5.41) is -0.188. The summed E-state index contributed by atoms with van der Waals surface area (Å²) in [4.78, 5) is 26.8. The van der Waals surface area contributed by atoms with E-state index in [0.29, 0.717) is 11.3 Å². The quantitative estimate of drug-likeness (QED) is 0.501. The number of amides is 1. The zero-order chi connectivity index (χ0) is 19.0. The third-order valence-corrected chi connectivity index (χ3v) is 6.29. The van der Waals surface area contributed by atoms with Gasteiger partial charge in [-0.3, -0.25) is 4.79 Å². The second-order valence-electron chi connectivity index (χ2n) is 6.67. The van der Waals surface area contributed by atoms with E-state index in [-0.39, 0.29) is 11.3 Å². The predicted molar refractivity (Wildman–Crippen MR) is 105 cm³/mol. The van der Waals surface area contributed by atoms with Gasteiger partial charge in [0.2, 0.25) is 5.91 Å². The van der Waals surface area contributed by atoms with Gasteiger partial charge in [0.05, 0.1) is 0 Å². The van der Waals surface area contributed by atoms with Crippen LogP contribution in [0.3, 0.4) is 0 Å². The summed E-state index contributed by atoms with van der Waals surface area (Å²) in [6.07, 6.45) is -0.550. The van der Waals surface area contributed by atoms with E-state index in [2.05, 4.69) is 6.58 Å². The fourth-order valence-electron chi connectivity index (χ4n) is 3.48. The van der Waals surface area contributed by atoms with Crippen molar-refractivity contribution < 1.29 is 14.3 Å². The molecule has 27 heavy (non-hydrogen) atoms. The van der Waals surface area contributed by atoms with Crippen LogP contribution in [0.2, 0.25) is 0 Å². The van der Waals surface area contributed by atoms with E-state index in [0.717, 1.165) is 11.1 Å². The van der Waals surface area contributed by atoms with Gasteiger partial charge in [0.15, 0.2) is 12.1 Å². The fourth-order valence-corrected chi connectivity index (χ4v) is 4.73. The number of benzene rings is 2. The van der Waals surface area contributed by atoms with Crippen molar-refractivity contribution in [1.82, 2.24) is 4.90 Å². The molecular formula is C21H20N2O3S. The summed E-state index contributed by atoms with van der Waals surface area (Å²) >= 11 is 1.54. The standard InChI is InChI=1S/C21H20N2O3S/c1-13-12-27-20-16(22)19(24)23(20)17(13)21(25)26-18(14-8-4-2-5-9-14)15-10-6-3-7-11-15/h2-11,16-18,20H,1,12,22H2/t16?,17?,20-/m0/s1. The molecule has 138 valence electrons. The number of carbonyl (C=O) groups excluding carboxylic acids is 2. The average molecular weight is 380 g/mol. The lowest BCUT2D eigenvalue weighted by molar-refractivity contribution is -0.164. The van der Waals surface area contributed by atoms with Gasteiger partial charge in [-0.25, -0.2) is 4.79 Å². The summed E-state index contributed by atoms with van der Waals surface area (Å²) in [5.41, 5.74) is 8.28. The van der Waals surface area contributed by atoms with Crippen molar-refractivity contribution in [1.29, 1.82) is 0 Å². The Morgan fingerprint density at radius 1 is 1.11 bits per heavy atom. The second kappa shape index (κ2) is 7.21. The highest BCUT2D eigenvalue weighted by Gasteiger charge is 2.54. The summed E-state index contributed by atoms with van der Waals surface area (Å²) in [7, 11) is 0. The zero-order valence-corrected chi connectivity index (χ0v) is 15.5. The lowest BCUT2D eigenvalue weighted by Gasteiger charge is -2.51. The molecular weight excluding hydrogens is 360 g/mol. The molecule has 4 rings (SSSR count). The molecule has 2 fully saturated rings. The predicted octanol–water partition coefficient (Wildman–Crippen LogP) is 2.49. The number of hydrogen-bond donors (Lipinski definition) is 1. The van der Waals surface area contributed by atoms with Crippen LogP contribution in [-0.4, -0.2) is 40.0 Å². The maximum Gasteiger partial charge on any atom is 0.334 e. The highest BCUT2D eigenvalue weighted by atomic mass is 32.2. The Bertz CT molecular complexity index is 832. The Balaban J connectivity index is 1.62. The van der Waals surface area contributed by atoms with Crippen LogP contribution >= 0.6 is 11.8 Å². The molecule has 0 bridgehead atoms. The van der Waals surface area contributed by atoms with E-state index >= 15 is 0 Å². The molecule has 0 saturated carbocycles. The van der Waals surface area contributed by atoms with Gasteiger partial charge >= 0.3 is 5.97 Å². The highest BCUT2D eigenvalue weighted by Crippen LogP contribution is 2.40. The van der Waals surface area contributed by atoms with E-state index in [1.54, 1.807) is 0 Å². The largest absolute Gasteiger partial charge is 0.451 e. The molecule has 2 aromatic carbocycles. The molecule has 2 N–H and O–H groups in total. The molecule has 2 unspecified atom stereocenters. The molecule has 0 spiro atoms. The molecule has 2 heterocycles. The van der Waals surface area contributed by atoms with Crippen molar-refractivity contribution in [3.63, 3.8) is 0 Å². The van der Waals surface area contributed by atoms with Gasteiger partial charge in [-0.15, -0.1) is 11.8 Å². The number of rotatable bonds is 4. The number of nitrogens with zero attached hydrogens (tertiary/aromatic N) is 1. The summed E-state index contributed by atoms with van der Waals surface area (Å²) in [6, 6.07) is 17.8. The number of β-lactam (4-membered cyclic amide) rings is 1. The molecule has 0 aliphatic carbocycles. The SMILES string of the molecule is C=C1CS[C@H]2C(N)C(=O)N2C1C(=O)OC(c1ccccc1)c1ccccc1. The second-order valence-corrected chi connectivity index (χ2v) is 7.78. The first-order valence-electron chi connectivity index (χ1n) is 8.75. The van der Waals surface area contributed by atoms with Crippen molar-refractivity contribution in [2.24, 2.45) is 5.73 Å². The van der Waals surface area contributed by atoms with Gasteiger partial charge in [-0.2, -0.15) is 0 Å². The molecule has 1 amide bonds. The fraction of sp³-hybridized carbons (Fsp3) is 0.238. The zero-order valence-electron chi connectivity index (χ0n) is 14.7. The van der Waals surface area contributed by atoms with Crippen LogP contribution in [-0.2, 0) is 14.3 Å². The lowest BCUT2D eigenvalue weighted by Crippen LogP contribution is -2.73. The minimum absolute atomic E-state index is 0.188. The first kappa shape index (κ1) is 17.8. The van der Waals surface area contributed by atoms with Crippen LogP contribution in [0.5, 0.6) is 0 Å². The Labute approximate surface area is 162 Å². The maximum absolute atomic E-state index is 13.1.